The zero-order chi connectivity index (χ0) is 15.8. The Labute approximate surface area is 139 Å². The van der Waals surface area contributed by atoms with Crippen LogP contribution in [0.15, 0.2) is 40.1 Å². The number of amides is 1. The number of para-hydroxylation sites is 1. The molecule has 2 aromatic rings. The van der Waals surface area contributed by atoms with Crippen molar-refractivity contribution in [2.75, 3.05) is 30.8 Å². The largest absolute Gasteiger partial charge is 0.375 e. The van der Waals surface area contributed by atoms with Gasteiger partial charge >= 0.3 is 0 Å². The summed E-state index contributed by atoms with van der Waals surface area (Å²) in [6, 6.07) is 10.3. The van der Waals surface area contributed by atoms with Crippen LogP contribution in [-0.2, 0) is 4.79 Å². The van der Waals surface area contributed by atoms with E-state index in [-0.39, 0.29) is 5.91 Å². The minimum Gasteiger partial charge on any atom is -0.375 e. The molecule has 0 radical (unpaired) electrons. The predicted molar refractivity (Wildman–Crippen MR) is 94.9 cm³/mol. The summed E-state index contributed by atoms with van der Waals surface area (Å²) in [7, 11) is 2.07. The van der Waals surface area contributed by atoms with Crippen LogP contribution in [0.2, 0.25) is 0 Å². The van der Waals surface area contributed by atoms with E-state index in [1.54, 1.807) is 11.3 Å². The number of thioether (sulfide) groups is 1. The van der Waals surface area contributed by atoms with Crippen LogP contribution in [-0.4, -0.2) is 36.8 Å². The quantitative estimate of drug-likeness (QED) is 0.594. The van der Waals surface area contributed by atoms with Crippen LogP contribution in [0, 0.1) is 6.92 Å². The Morgan fingerprint density at radius 2 is 2.14 bits per heavy atom. The first-order chi connectivity index (χ1) is 10.6. The van der Waals surface area contributed by atoms with Gasteiger partial charge in [-0.2, -0.15) is 0 Å². The van der Waals surface area contributed by atoms with Gasteiger partial charge in [0, 0.05) is 36.9 Å². The second-order valence-corrected chi connectivity index (χ2v) is 7.08. The van der Waals surface area contributed by atoms with Crippen LogP contribution in [0.5, 0.6) is 0 Å². The normalized spacial score (nSPS) is 10.5. The molecule has 0 aliphatic carbocycles. The van der Waals surface area contributed by atoms with E-state index in [0.29, 0.717) is 12.3 Å². The Balaban J connectivity index is 1.59. The number of anilines is 1. The summed E-state index contributed by atoms with van der Waals surface area (Å²) in [6.07, 6.45) is 0.929. The van der Waals surface area contributed by atoms with Crippen molar-refractivity contribution in [2.45, 2.75) is 17.7 Å². The number of thiazole rings is 1. The number of rotatable bonds is 8. The molecule has 1 heterocycles. The van der Waals surface area contributed by atoms with Gasteiger partial charge in [0.05, 0.1) is 5.75 Å². The first-order valence-corrected chi connectivity index (χ1v) is 9.09. The number of nitrogens with one attached hydrogen (secondary N) is 1. The van der Waals surface area contributed by atoms with Crippen molar-refractivity contribution in [3.63, 3.8) is 0 Å². The molecule has 22 heavy (non-hydrogen) atoms. The fourth-order valence-corrected chi connectivity index (χ4v) is 3.61. The van der Waals surface area contributed by atoms with E-state index < -0.39 is 0 Å². The molecular formula is C16H21N3OS2. The summed E-state index contributed by atoms with van der Waals surface area (Å²) in [4.78, 5) is 18.3. The van der Waals surface area contributed by atoms with E-state index in [1.165, 1.54) is 17.4 Å². The van der Waals surface area contributed by atoms with Gasteiger partial charge in [-0.3, -0.25) is 4.79 Å². The summed E-state index contributed by atoms with van der Waals surface area (Å²) >= 11 is 3.08. The van der Waals surface area contributed by atoms with Gasteiger partial charge in [0.2, 0.25) is 5.91 Å². The number of hydrogen-bond donors (Lipinski definition) is 1. The molecule has 0 bridgehead atoms. The first-order valence-electron chi connectivity index (χ1n) is 7.23. The third-order valence-electron chi connectivity index (χ3n) is 3.11. The lowest BCUT2D eigenvalue weighted by Gasteiger charge is -2.19. The van der Waals surface area contributed by atoms with E-state index in [4.69, 9.17) is 0 Å². The fraction of sp³-hybridized carbons (Fsp3) is 0.375. The number of aromatic nitrogens is 1. The maximum absolute atomic E-state index is 11.8. The predicted octanol–water partition coefficient (Wildman–Crippen LogP) is 3.19. The Bertz CT molecular complexity index is 586. The van der Waals surface area contributed by atoms with Gasteiger partial charge < -0.3 is 10.2 Å². The molecule has 1 aromatic carbocycles. The molecular weight excluding hydrogens is 314 g/mol. The highest BCUT2D eigenvalue weighted by Crippen LogP contribution is 2.21. The molecule has 0 fully saturated rings. The number of benzene rings is 1. The van der Waals surface area contributed by atoms with E-state index in [1.807, 2.05) is 30.5 Å². The Morgan fingerprint density at radius 3 is 2.82 bits per heavy atom. The Kier molecular flexibility index (Phi) is 6.74. The molecule has 0 aliphatic rings. The molecule has 0 atom stereocenters. The molecule has 4 nitrogen and oxygen atoms in total. The molecule has 1 aromatic heterocycles. The van der Waals surface area contributed by atoms with Crippen molar-refractivity contribution >= 4 is 34.7 Å². The van der Waals surface area contributed by atoms with Crippen LogP contribution in [0.25, 0.3) is 0 Å². The summed E-state index contributed by atoms with van der Waals surface area (Å²) in [5.41, 5.74) is 2.21. The van der Waals surface area contributed by atoms with Crippen molar-refractivity contribution in [3.8, 4) is 0 Å². The maximum Gasteiger partial charge on any atom is 0.230 e. The SMILES string of the molecule is Cc1csc(SCC(=O)NCCCN(C)c2ccccc2)n1. The van der Waals surface area contributed by atoms with Crippen LogP contribution in [0.1, 0.15) is 12.1 Å². The molecule has 1 N–H and O–H groups in total. The Hall–Kier alpha value is -1.53. The molecule has 2 rings (SSSR count). The van der Waals surface area contributed by atoms with E-state index in [0.717, 1.165) is 23.0 Å². The zero-order valence-electron chi connectivity index (χ0n) is 12.9. The number of nitrogens with zero attached hydrogens (tertiary/aromatic N) is 2. The van der Waals surface area contributed by atoms with Gasteiger partial charge in [0.25, 0.3) is 0 Å². The number of aryl methyl sites for hydroxylation is 1. The second kappa shape index (κ2) is 8.80. The van der Waals surface area contributed by atoms with E-state index in [2.05, 4.69) is 34.4 Å². The summed E-state index contributed by atoms with van der Waals surface area (Å²) in [5.74, 6) is 0.502. The second-order valence-electron chi connectivity index (χ2n) is 5.00. The lowest BCUT2D eigenvalue weighted by Crippen LogP contribution is -2.29. The Morgan fingerprint density at radius 1 is 1.36 bits per heavy atom. The summed E-state index contributed by atoms with van der Waals surface area (Å²) in [6.45, 7) is 3.58. The molecule has 6 heteroatoms. The van der Waals surface area contributed by atoms with Gasteiger partial charge in [0.15, 0.2) is 4.34 Å². The average Bonchev–Trinajstić information content (AvgIpc) is 2.96. The van der Waals surface area contributed by atoms with Gasteiger partial charge in [-0.15, -0.1) is 11.3 Å². The van der Waals surface area contributed by atoms with Crippen molar-refractivity contribution in [1.82, 2.24) is 10.3 Å². The molecule has 0 unspecified atom stereocenters. The molecule has 118 valence electrons. The van der Waals surface area contributed by atoms with Crippen molar-refractivity contribution in [3.05, 3.63) is 41.4 Å². The van der Waals surface area contributed by atoms with E-state index in [9.17, 15) is 4.79 Å². The zero-order valence-corrected chi connectivity index (χ0v) is 14.5. The van der Waals surface area contributed by atoms with Gasteiger partial charge in [-0.1, -0.05) is 30.0 Å². The summed E-state index contributed by atoms with van der Waals surface area (Å²) < 4.78 is 0.955. The lowest BCUT2D eigenvalue weighted by molar-refractivity contribution is -0.118. The number of carbonyl (C=O) groups excluding carboxylic acids is 1. The standard InChI is InChI=1S/C16H21N3OS2/c1-13-11-21-16(18-13)22-12-15(20)17-9-6-10-19(2)14-7-4-3-5-8-14/h3-5,7-8,11H,6,9-10,12H2,1-2H3,(H,17,20). The van der Waals surface area contributed by atoms with Gasteiger partial charge in [-0.25, -0.2) is 4.98 Å². The lowest BCUT2D eigenvalue weighted by atomic mass is 10.3. The smallest absolute Gasteiger partial charge is 0.230 e. The third kappa shape index (κ3) is 5.69. The van der Waals surface area contributed by atoms with Crippen molar-refractivity contribution in [1.29, 1.82) is 0 Å². The minimum atomic E-state index is 0.0696. The number of carbonyl (C=O) groups is 1. The molecule has 0 aliphatic heterocycles. The summed E-state index contributed by atoms with van der Waals surface area (Å²) in [5, 5.41) is 4.96. The molecule has 1 amide bonds. The fourth-order valence-electron chi connectivity index (χ4n) is 1.93. The topological polar surface area (TPSA) is 45.2 Å². The van der Waals surface area contributed by atoms with Crippen LogP contribution < -0.4 is 10.2 Å². The van der Waals surface area contributed by atoms with E-state index >= 15 is 0 Å². The van der Waals surface area contributed by atoms with Crippen LogP contribution in [0.4, 0.5) is 5.69 Å². The maximum atomic E-state index is 11.8. The van der Waals surface area contributed by atoms with Gasteiger partial charge in [0.1, 0.15) is 0 Å². The van der Waals surface area contributed by atoms with Crippen LogP contribution >= 0.6 is 23.1 Å². The van der Waals surface area contributed by atoms with Crippen molar-refractivity contribution in [2.24, 2.45) is 0 Å². The molecule has 0 saturated heterocycles. The average molecular weight is 335 g/mol. The highest BCUT2D eigenvalue weighted by molar-refractivity contribution is 8.01. The highest BCUT2D eigenvalue weighted by atomic mass is 32.2. The van der Waals surface area contributed by atoms with Crippen LogP contribution in [0.3, 0.4) is 0 Å². The third-order valence-corrected chi connectivity index (χ3v) is 5.25. The first kappa shape index (κ1) is 16.8. The molecule has 0 spiro atoms. The molecule has 0 saturated carbocycles. The van der Waals surface area contributed by atoms with Crippen molar-refractivity contribution < 1.29 is 4.79 Å². The monoisotopic (exact) mass is 335 g/mol. The van der Waals surface area contributed by atoms with Gasteiger partial charge in [-0.05, 0) is 25.5 Å². The minimum absolute atomic E-state index is 0.0696. The number of hydrogen-bond acceptors (Lipinski definition) is 5. The highest BCUT2D eigenvalue weighted by Gasteiger charge is 2.05.